The first-order valence-corrected chi connectivity index (χ1v) is 11.9. The quantitative estimate of drug-likeness (QED) is 0.566. The van der Waals surface area contributed by atoms with Gasteiger partial charge in [-0.1, -0.05) is 18.5 Å². The SMILES string of the molecule is CCC1CC(F)C(COc2cc(F)ccc2C(=O)N2CC(N)=C(c3ncc(Cl)cn3)C2)N1CCO. The van der Waals surface area contributed by atoms with Crippen molar-refractivity contribution in [3.63, 3.8) is 0 Å². The molecule has 11 heteroatoms. The first-order chi connectivity index (χ1) is 16.8. The Morgan fingerprint density at radius 2 is 2.06 bits per heavy atom. The maximum absolute atomic E-state index is 14.8. The minimum absolute atomic E-state index is 0.00785. The van der Waals surface area contributed by atoms with Gasteiger partial charge in [0, 0.05) is 42.3 Å². The lowest BCUT2D eigenvalue weighted by Crippen LogP contribution is -2.43. The van der Waals surface area contributed by atoms with Crippen molar-refractivity contribution in [2.75, 3.05) is 32.8 Å². The summed E-state index contributed by atoms with van der Waals surface area (Å²) < 4.78 is 34.7. The predicted octanol–water partition coefficient (Wildman–Crippen LogP) is 2.66. The van der Waals surface area contributed by atoms with Crippen LogP contribution in [-0.4, -0.2) is 81.9 Å². The van der Waals surface area contributed by atoms with Gasteiger partial charge in [0.1, 0.15) is 24.3 Å². The van der Waals surface area contributed by atoms with E-state index >= 15 is 0 Å². The summed E-state index contributed by atoms with van der Waals surface area (Å²) >= 11 is 5.85. The number of halogens is 3. The van der Waals surface area contributed by atoms with Crippen LogP contribution < -0.4 is 10.5 Å². The molecule has 0 radical (unpaired) electrons. The van der Waals surface area contributed by atoms with Crippen LogP contribution in [-0.2, 0) is 0 Å². The fraction of sp³-hybridized carbons (Fsp3) is 0.458. The fourth-order valence-electron chi connectivity index (χ4n) is 4.71. The molecule has 1 amide bonds. The topological polar surface area (TPSA) is 105 Å². The molecule has 1 aromatic carbocycles. The molecule has 3 unspecified atom stereocenters. The third-order valence-electron chi connectivity index (χ3n) is 6.50. The highest BCUT2D eigenvalue weighted by Crippen LogP contribution is 2.31. The van der Waals surface area contributed by atoms with E-state index in [-0.39, 0.29) is 43.7 Å². The third-order valence-corrected chi connectivity index (χ3v) is 6.69. The number of aliphatic hydroxyl groups is 1. The first kappa shape index (κ1) is 25.3. The number of alkyl halides is 1. The van der Waals surface area contributed by atoms with Crippen molar-refractivity contribution in [1.29, 1.82) is 0 Å². The van der Waals surface area contributed by atoms with Crippen molar-refractivity contribution < 1.29 is 23.4 Å². The number of nitrogens with two attached hydrogens (primary N) is 1. The minimum Gasteiger partial charge on any atom is -0.491 e. The number of likely N-dealkylation sites (tertiary alicyclic amines) is 1. The number of hydrogen-bond acceptors (Lipinski definition) is 7. The second kappa shape index (κ2) is 10.8. The second-order valence-corrected chi connectivity index (χ2v) is 9.12. The summed E-state index contributed by atoms with van der Waals surface area (Å²) in [5, 5.41) is 9.79. The van der Waals surface area contributed by atoms with Crippen LogP contribution in [0.5, 0.6) is 5.75 Å². The summed E-state index contributed by atoms with van der Waals surface area (Å²) in [5.41, 5.74) is 7.36. The molecular weight excluding hydrogens is 480 g/mol. The van der Waals surface area contributed by atoms with E-state index in [1.54, 1.807) is 0 Å². The van der Waals surface area contributed by atoms with E-state index in [1.807, 2.05) is 11.8 Å². The van der Waals surface area contributed by atoms with E-state index in [1.165, 1.54) is 29.4 Å². The van der Waals surface area contributed by atoms with Crippen LogP contribution in [0.2, 0.25) is 5.02 Å². The number of nitrogens with zero attached hydrogens (tertiary/aromatic N) is 4. The third kappa shape index (κ3) is 5.39. The molecule has 35 heavy (non-hydrogen) atoms. The molecule has 1 aromatic heterocycles. The second-order valence-electron chi connectivity index (χ2n) is 8.68. The molecule has 0 saturated carbocycles. The Hall–Kier alpha value is -2.82. The maximum Gasteiger partial charge on any atom is 0.258 e. The largest absolute Gasteiger partial charge is 0.491 e. The van der Waals surface area contributed by atoms with Crippen LogP contribution in [0.4, 0.5) is 8.78 Å². The molecule has 0 aliphatic carbocycles. The molecular formula is C24H28ClF2N5O3. The standard InChI is InChI=1S/C24H28ClF2N5O3/c1-2-16-8-19(27)21(32(16)5-6-33)13-35-22-7-15(26)3-4-17(22)24(34)31-11-18(20(28)12-31)23-29-9-14(25)10-30-23/h3-4,7,9-10,16,19,21,33H,2,5-6,8,11-13,28H2,1H3. The number of ether oxygens (including phenoxy) is 1. The molecule has 3 atom stereocenters. The molecule has 0 spiro atoms. The number of carbonyl (C=O) groups excluding carboxylic acids is 1. The molecule has 8 nitrogen and oxygen atoms in total. The van der Waals surface area contributed by atoms with Crippen molar-refractivity contribution in [3.8, 4) is 5.75 Å². The van der Waals surface area contributed by atoms with Gasteiger partial charge in [-0.2, -0.15) is 0 Å². The number of aliphatic hydroxyl groups excluding tert-OH is 1. The Bertz CT molecular complexity index is 1100. The highest BCUT2D eigenvalue weighted by Gasteiger charge is 2.41. The summed E-state index contributed by atoms with van der Waals surface area (Å²) in [4.78, 5) is 25.1. The van der Waals surface area contributed by atoms with Crippen LogP contribution >= 0.6 is 11.6 Å². The van der Waals surface area contributed by atoms with Crippen molar-refractivity contribution >= 4 is 23.1 Å². The van der Waals surface area contributed by atoms with Gasteiger partial charge in [-0.25, -0.2) is 18.7 Å². The molecule has 188 valence electrons. The van der Waals surface area contributed by atoms with E-state index in [4.69, 9.17) is 22.1 Å². The van der Waals surface area contributed by atoms with Crippen LogP contribution in [0.3, 0.4) is 0 Å². The molecule has 3 N–H and O–H groups in total. The Morgan fingerprint density at radius 1 is 1.31 bits per heavy atom. The summed E-state index contributed by atoms with van der Waals surface area (Å²) in [6.07, 6.45) is 2.83. The number of β-amino-alcohol motifs (C(OH)–C–C–N with tert-alkyl or cyclic N) is 1. The average molecular weight is 508 g/mol. The molecule has 2 aromatic rings. The Balaban J connectivity index is 1.50. The monoisotopic (exact) mass is 507 g/mol. The average Bonchev–Trinajstić information content (AvgIpc) is 3.37. The lowest BCUT2D eigenvalue weighted by atomic mass is 10.1. The lowest BCUT2D eigenvalue weighted by Gasteiger charge is -2.29. The zero-order valence-corrected chi connectivity index (χ0v) is 20.1. The smallest absolute Gasteiger partial charge is 0.258 e. The normalized spacial score (nSPS) is 22.8. The summed E-state index contributed by atoms with van der Waals surface area (Å²) in [5.74, 6) is -0.579. The van der Waals surface area contributed by atoms with Gasteiger partial charge in [0.2, 0.25) is 0 Å². The van der Waals surface area contributed by atoms with Crippen LogP contribution in [0.25, 0.3) is 5.57 Å². The van der Waals surface area contributed by atoms with E-state index in [0.29, 0.717) is 35.1 Å². The number of aromatic nitrogens is 2. The first-order valence-electron chi connectivity index (χ1n) is 11.5. The number of carbonyl (C=O) groups is 1. The Morgan fingerprint density at radius 3 is 2.74 bits per heavy atom. The highest BCUT2D eigenvalue weighted by atomic mass is 35.5. The van der Waals surface area contributed by atoms with Crippen LogP contribution in [0.1, 0.15) is 35.9 Å². The number of hydrogen-bond donors (Lipinski definition) is 2. The zero-order chi connectivity index (χ0) is 25.1. The zero-order valence-electron chi connectivity index (χ0n) is 19.3. The Kier molecular flexibility index (Phi) is 7.83. The fourth-order valence-corrected chi connectivity index (χ4v) is 4.81. The van der Waals surface area contributed by atoms with E-state index in [2.05, 4.69) is 9.97 Å². The maximum atomic E-state index is 14.8. The van der Waals surface area contributed by atoms with Crippen LogP contribution in [0, 0.1) is 5.82 Å². The van der Waals surface area contributed by atoms with Gasteiger partial charge in [-0.3, -0.25) is 9.69 Å². The summed E-state index contributed by atoms with van der Waals surface area (Å²) in [6.45, 7) is 2.41. The van der Waals surface area contributed by atoms with Gasteiger partial charge < -0.3 is 20.5 Å². The van der Waals surface area contributed by atoms with Crippen LogP contribution in [0.15, 0.2) is 36.3 Å². The number of benzene rings is 1. The van der Waals surface area contributed by atoms with E-state index < -0.39 is 23.9 Å². The summed E-state index contributed by atoms with van der Waals surface area (Å²) in [6, 6.07) is 3.04. The van der Waals surface area contributed by atoms with Gasteiger partial charge in [0.05, 0.1) is 36.3 Å². The molecule has 1 fully saturated rings. The van der Waals surface area contributed by atoms with E-state index in [0.717, 1.165) is 12.5 Å². The molecule has 0 bridgehead atoms. The van der Waals surface area contributed by atoms with Gasteiger partial charge in [0.25, 0.3) is 5.91 Å². The molecule has 4 rings (SSSR count). The minimum atomic E-state index is -1.15. The lowest BCUT2D eigenvalue weighted by molar-refractivity contribution is 0.0778. The van der Waals surface area contributed by atoms with Gasteiger partial charge in [0.15, 0.2) is 5.82 Å². The van der Waals surface area contributed by atoms with Crippen molar-refractivity contribution in [3.05, 3.63) is 58.5 Å². The van der Waals surface area contributed by atoms with Gasteiger partial charge in [-0.15, -0.1) is 0 Å². The Labute approximate surface area is 207 Å². The molecule has 2 aliphatic heterocycles. The molecule has 2 aliphatic rings. The number of amides is 1. The van der Waals surface area contributed by atoms with Gasteiger partial charge >= 0.3 is 0 Å². The van der Waals surface area contributed by atoms with Gasteiger partial charge in [-0.05, 0) is 25.0 Å². The van der Waals surface area contributed by atoms with E-state index in [9.17, 15) is 18.7 Å². The van der Waals surface area contributed by atoms with Crippen molar-refractivity contribution in [1.82, 2.24) is 19.8 Å². The molecule has 3 heterocycles. The molecule has 1 saturated heterocycles. The van der Waals surface area contributed by atoms with Crippen molar-refractivity contribution in [2.24, 2.45) is 5.73 Å². The van der Waals surface area contributed by atoms with Crippen molar-refractivity contribution in [2.45, 2.75) is 38.0 Å². The summed E-state index contributed by atoms with van der Waals surface area (Å²) in [7, 11) is 0. The number of rotatable bonds is 8. The highest BCUT2D eigenvalue weighted by molar-refractivity contribution is 6.30. The predicted molar refractivity (Wildman–Crippen MR) is 127 cm³/mol.